The second-order valence-corrected chi connectivity index (χ2v) is 17.8. The zero-order chi connectivity index (χ0) is 43.0. The normalized spacial score (nSPS) is 12.8. The predicted octanol–water partition coefficient (Wildman–Crippen LogP) is 15.5. The zero-order valence-electron chi connectivity index (χ0n) is 39.5. The molecule has 0 aliphatic heterocycles. The molecule has 0 bridgehead atoms. The SMILES string of the molecule is CCCCC/C=C\CCCCCCCC(=O)OCCCCCCCCCC/C=C\CCCCCCCCCC(=O)NC(CO)C(O)CCCCCCCCCCCCC. The topological polar surface area (TPSA) is 95.9 Å². The lowest BCUT2D eigenvalue weighted by molar-refractivity contribution is -0.143. The molecule has 2 atom stereocenters. The summed E-state index contributed by atoms with van der Waals surface area (Å²) in [4.78, 5) is 24.4. The molecule has 0 rings (SSSR count). The van der Waals surface area contributed by atoms with Gasteiger partial charge < -0.3 is 20.3 Å². The van der Waals surface area contributed by atoms with Crippen molar-refractivity contribution < 1.29 is 24.5 Å². The Balaban J connectivity index is 3.44. The highest BCUT2D eigenvalue weighted by Gasteiger charge is 2.20. The smallest absolute Gasteiger partial charge is 0.305 e. The standard InChI is InChI=1S/C53H101NO5/c1-3-5-7-9-11-13-15-27-31-35-39-43-47-53(58)59-48-44-40-36-32-28-24-22-20-18-16-17-19-21-23-26-30-34-38-42-46-52(57)54-50(49-55)51(56)45-41-37-33-29-25-14-12-10-8-6-4-2/h11,13,16-17,50-51,55-56H,3-10,12,14-15,18-49H2,1-2H3,(H,54,57)/b13-11-,17-16-. The number of aliphatic hydroxyl groups is 2. The summed E-state index contributed by atoms with van der Waals surface area (Å²) in [6.45, 7) is 4.90. The highest BCUT2D eigenvalue weighted by atomic mass is 16.5. The van der Waals surface area contributed by atoms with Crippen LogP contribution in [-0.4, -0.2) is 47.4 Å². The van der Waals surface area contributed by atoms with Gasteiger partial charge in [0, 0.05) is 12.8 Å². The van der Waals surface area contributed by atoms with E-state index in [1.807, 2.05) is 0 Å². The van der Waals surface area contributed by atoms with Crippen molar-refractivity contribution in [2.24, 2.45) is 0 Å². The van der Waals surface area contributed by atoms with Crippen molar-refractivity contribution in [1.29, 1.82) is 0 Å². The van der Waals surface area contributed by atoms with Crippen LogP contribution in [0.5, 0.6) is 0 Å². The molecular weight excluding hydrogens is 731 g/mol. The van der Waals surface area contributed by atoms with Crippen molar-refractivity contribution in [3.63, 3.8) is 0 Å². The van der Waals surface area contributed by atoms with E-state index >= 15 is 0 Å². The Morgan fingerprint density at radius 3 is 1.24 bits per heavy atom. The van der Waals surface area contributed by atoms with Gasteiger partial charge in [-0.25, -0.2) is 0 Å². The molecule has 348 valence electrons. The third kappa shape index (κ3) is 45.7. The number of nitrogens with one attached hydrogen (secondary N) is 1. The van der Waals surface area contributed by atoms with Gasteiger partial charge in [-0.2, -0.15) is 0 Å². The fraction of sp³-hybridized carbons (Fsp3) is 0.887. The molecule has 6 nitrogen and oxygen atoms in total. The van der Waals surface area contributed by atoms with E-state index in [2.05, 4.69) is 43.5 Å². The Morgan fingerprint density at radius 2 is 0.797 bits per heavy atom. The number of amides is 1. The van der Waals surface area contributed by atoms with Crippen LogP contribution in [0.2, 0.25) is 0 Å². The Hall–Kier alpha value is -1.66. The van der Waals surface area contributed by atoms with Gasteiger partial charge >= 0.3 is 5.97 Å². The second kappa shape index (κ2) is 49.0. The van der Waals surface area contributed by atoms with Gasteiger partial charge in [-0.1, -0.05) is 212 Å². The Morgan fingerprint density at radius 1 is 0.458 bits per heavy atom. The highest BCUT2D eigenvalue weighted by molar-refractivity contribution is 5.76. The van der Waals surface area contributed by atoms with E-state index in [0.717, 1.165) is 44.9 Å². The number of aliphatic hydroxyl groups excluding tert-OH is 2. The molecule has 0 radical (unpaired) electrons. The van der Waals surface area contributed by atoms with Crippen LogP contribution in [-0.2, 0) is 14.3 Å². The molecule has 0 aromatic rings. The molecule has 0 aromatic heterocycles. The lowest BCUT2D eigenvalue weighted by atomic mass is 10.0. The van der Waals surface area contributed by atoms with Crippen molar-refractivity contribution in [2.45, 2.75) is 289 Å². The number of hydrogen-bond donors (Lipinski definition) is 3. The van der Waals surface area contributed by atoms with Crippen LogP contribution in [0, 0.1) is 0 Å². The average Bonchev–Trinajstić information content (AvgIpc) is 3.24. The number of hydrogen-bond acceptors (Lipinski definition) is 5. The molecular formula is C53H101NO5. The summed E-state index contributed by atoms with van der Waals surface area (Å²) in [7, 11) is 0. The van der Waals surface area contributed by atoms with Gasteiger partial charge in [0.15, 0.2) is 0 Å². The van der Waals surface area contributed by atoms with Crippen LogP contribution >= 0.6 is 0 Å². The molecule has 0 heterocycles. The summed E-state index contributed by atoms with van der Waals surface area (Å²) < 4.78 is 5.45. The summed E-state index contributed by atoms with van der Waals surface area (Å²) >= 11 is 0. The minimum Gasteiger partial charge on any atom is -0.466 e. The Labute approximate surface area is 367 Å². The molecule has 0 aliphatic carbocycles. The maximum Gasteiger partial charge on any atom is 0.305 e. The van der Waals surface area contributed by atoms with Crippen molar-refractivity contribution in [2.75, 3.05) is 13.2 Å². The van der Waals surface area contributed by atoms with Crippen LogP contribution < -0.4 is 5.32 Å². The van der Waals surface area contributed by atoms with Crippen molar-refractivity contribution in [3.8, 4) is 0 Å². The third-order valence-corrected chi connectivity index (χ3v) is 12.0. The van der Waals surface area contributed by atoms with Gasteiger partial charge in [0.2, 0.25) is 5.91 Å². The summed E-state index contributed by atoms with van der Waals surface area (Å²) in [6, 6.07) is -0.547. The molecule has 0 saturated heterocycles. The largest absolute Gasteiger partial charge is 0.466 e. The lowest BCUT2D eigenvalue weighted by Crippen LogP contribution is -2.45. The molecule has 0 spiro atoms. The van der Waals surface area contributed by atoms with Crippen LogP contribution in [0.25, 0.3) is 0 Å². The molecule has 0 saturated carbocycles. The number of unbranched alkanes of at least 4 members (excludes halogenated alkanes) is 33. The fourth-order valence-corrected chi connectivity index (χ4v) is 7.92. The van der Waals surface area contributed by atoms with Gasteiger partial charge in [0.25, 0.3) is 0 Å². The summed E-state index contributed by atoms with van der Waals surface area (Å²) in [6.07, 6.45) is 57.2. The first-order valence-corrected chi connectivity index (χ1v) is 26.1. The summed E-state index contributed by atoms with van der Waals surface area (Å²) in [5, 5.41) is 23.1. The number of carbonyl (C=O) groups is 2. The molecule has 3 N–H and O–H groups in total. The number of rotatable bonds is 48. The maximum atomic E-state index is 12.4. The number of esters is 1. The van der Waals surface area contributed by atoms with E-state index < -0.39 is 12.1 Å². The van der Waals surface area contributed by atoms with Gasteiger partial charge in [-0.05, 0) is 77.0 Å². The van der Waals surface area contributed by atoms with Crippen molar-refractivity contribution in [3.05, 3.63) is 24.3 Å². The van der Waals surface area contributed by atoms with E-state index in [1.54, 1.807) is 0 Å². The third-order valence-electron chi connectivity index (χ3n) is 12.0. The van der Waals surface area contributed by atoms with Gasteiger partial charge in [-0.15, -0.1) is 0 Å². The van der Waals surface area contributed by atoms with Crippen LogP contribution in [0.4, 0.5) is 0 Å². The first-order chi connectivity index (χ1) is 29.0. The number of allylic oxidation sites excluding steroid dienone is 4. The maximum absolute atomic E-state index is 12.4. The van der Waals surface area contributed by atoms with Crippen LogP contribution in [0.3, 0.4) is 0 Å². The van der Waals surface area contributed by atoms with E-state index in [0.29, 0.717) is 25.9 Å². The average molecular weight is 832 g/mol. The summed E-state index contributed by atoms with van der Waals surface area (Å²) in [5.74, 6) is -0.0526. The van der Waals surface area contributed by atoms with Crippen molar-refractivity contribution >= 4 is 11.9 Å². The molecule has 1 amide bonds. The highest BCUT2D eigenvalue weighted by Crippen LogP contribution is 2.16. The molecule has 0 aromatic carbocycles. The van der Waals surface area contributed by atoms with Gasteiger partial charge in [0.1, 0.15) is 0 Å². The summed E-state index contributed by atoms with van der Waals surface area (Å²) in [5.41, 5.74) is 0. The van der Waals surface area contributed by atoms with Crippen molar-refractivity contribution in [1.82, 2.24) is 5.32 Å². The van der Waals surface area contributed by atoms with Crippen LogP contribution in [0.15, 0.2) is 24.3 Å². The molecule has 59 heavy (non-hydrogen) atoms. The number of ether oxygens (including phenoxy) is 1. The Bertz CT molecular complexity index is 920. The minimum absolute atomic E-state index is 0.00654. The van der Waals surface area contributed by atoms with Gasteiger partial charge in [-0.3, -0.25) is 9.59 Å². The number of carbonyl (C=O) groups excluding carboxylic acids is 2. The van der Waals surface area contributed by atoms with E-state index in [-0.39, 0.29) is 18.5 Å². The molecule has 2 unspecified atom stereocenters. The lowest BCUT2D eigenvalue weighted by Gasteiger charge is -2.22. The Kier molecular flexibility index (Phi) is 47.6. The minimum atomic E-state index is -0.668. The first-order valence-electron chi connectivity index (χ1n) is 26.1. The monoisotopic (exact) mass is 832 g/mol. The first kappa shape index (κ1) is 57.3. The molecule has 0 fully saturated rings. The quantitative estimate of drug-likeness (QED) is 0.0322. The zero-order valence-corrected chi connectivity index (χ0v) is 39.5. The van der Waals surface area contributed by atoms with Crippen LogP contribution in [0.1, 0.15) is 277 Å². The molecule has 6 heteroatoms. The van der Waals surface area contributed by atoms with E-state index in [4.69, 9.17) is 4.74 Å². The van der Waals surface area contributed by atoms with Gasteiger partial charge in [0.05, 0.1) is 25.4 Å². The second-order valence-electron chi connectivity index (χ2n) is 17.8. The van der Waals surface area contributed by atoms with E-state index in [1.165, 1.54) is 199 Å². The molecule has 0 aliphatic rings. The van der Waals surface area contributed by atoms with E-state index in [9.17, 15) is 19.8 Å². The predicted molar refractivity (Wildman–Crippen MR) is 255 cm³/mol. The fourth-order valence-electron chi connectivity index (χ4n) is 7.92.